The maximum absolute atomic E-state index is 10.8. The number of hydrogen-bond acceptors (Lipinski definition) is 5. The van der Waals surface area contributed by atoms with Crippen molar-refractivity contribution in [3.63, 3.8) is 0 Å². The average Bonchev–Trinajstić information content (AvgIpc) is 2.86. The predicted molar refractivity (Wildman–Crippen MR) is 144 cm³/mol. The molecule has 5 heteroatoms. The second-order valence-electron chi connectivity index (χ2n) is 8.92. The van der Waals surface area contributed by atoms with Crippen molar-refractivity contribution in [3.05, 3.63) is 89.5 Å². The average molecular weight is 465 g/mol. The molecule has 0 fully saturated rings. The molecule has 0 aromatic heterocycles. The van der Waals surface area contributed by atoms with E-state index in [9.17, 15) is 5.11 Å². The summed E-state index contributed by atoms with van der Waals surface area (Å²) >= 11 is 0. The molecule has 0 radical (unpaired) electrons. The molecule has 0 saturated carbocycles. The van der Waals surface area contributed by atoms with Crippen LogP contribution in [0.2, 0.25) is 0 Å². The van der Waals surface area contributed by atoms with Crippen LogP contribution >= 0.6 is 0 Å². The van der Waals surface area contributed by atoms with E-state index in [4.69, 9.17) is 0 Å². The third-order valence-corrected chi connectivity index (χ3v) is 6.21. The van der Waals surface area contributed by atoms with Crippen molar-refractivity contribution in [3.8, 4) is 5.75 Å². The molecule has 0 atom stereocenters. The molecule has 4 rings (SSSR count). The first-order valence-corrected chi connectivity index (χ1v) is 12.3. The Morgan fingerprint density at radius 1 is 0.657 bits per heavy atom. The minimum atomic E-state index is 0.166. The molecule has 35 heavy (non-hydrogen) atoms. The molecule has 0 saturated heterocycles. The number of aryl methyl sites for hydroxylation is 3. The van der Waals surface area contributed by atoms with E-state index in [0.29, 0.717) is 5.69 Å². The lowest BCUT2D eigenvalue weighted by Gasteiger charge is -2.11. The number of phenols is 1. The Bertz CT molecular complexity index is 1370. The monoisotopic (exact) mass is 464 g/mol. The highest BCUT2D eigenvalue weighted by Crippen LogP contribution is 2.39. The van der Waals surface area contributed by atoms with Crippen molar-refractivity contribution < 1.29 is 5.11 Å². The van der Waals surface area contributed by atoms with E-state index in [1.807, 2.05) is 80.6 Å². The van der Waals surface area contributed by atoms with E-state index in [2.05, 4.69) is 33.4 Å². The Kier molecular flexibility index (Phi) is 7.99. The highest BCUT2D eigenvalue weighted by Gasteiger charge is 2.12. The third-order valence-electron chi connectivity index (χ3n) is 6.21. The van der Waals surface area contributed by atoms with E-state index in [-0.39, 0.29) is 5.75 Å². The number of hydrogen-bond donors (Lipinski definition) is 1. The fourth-order valence-electron chi connectivity index (χ4n) is 4.18. The van der Waals surface area contributed by atoms with E-state index in [1.165, 1.54) is 19.3 Å². The van der Waals surface area contributed by atoms with Crippen LogP contribution in [0.4, 0.5) is 22.7 Å². The number of phenolic OH excluding ortho intramolecular Hbond substituents is 1. The van der Waals surface area contributed by atoms with Crippen LogP contribution in [-0.2, 0) is 6.42 Å². The van der Waals surface area contributed by atoms with Crippen LogP contribution in [0.15, 0.2) is 93.3 Å². The third kappa shape index (κ3) is 5.99. The molecule has 0 bridgehead atoms. The summed E-state index contributed by atoms with van der Waals surface area (Å²) in [7, 11) is 0. The standard InChI is InChI=1S/C30H32N4O/c1-4-5-6-7-13-23-20-29(35)30(26-15-10-9-14-25(23)26)34-33-28-18-17-24(19-22(28)3)31-32-27-16-11-8-12-21(27)2/h8-12,14-20,35H,4-7,13H2,1-3H3. The lowest BCUT2D eigenvalue weighted by atomic mass is 9.97. The van der Waals surface area contributed by atoms with E-state index in [1.54, 1.807) is 0 Å². The highest BCUT2D eigenvalue weighted by atomic mass is 16.3. The summed E-state index contributed by atoms with van der Waals surface area (Å²) in [5.74, 6) is 0.166. The zero-order valence-electron chi connectivity index (χ0n) is 20.7. The molecule has 1 N–H and O–H groups in total. The zero-order valence-corrected chi connectivity index (χ0v) is 20.7. The van der Waals surface area contributed by atoms with Crippen molar-refractivity contribution in [2.45, 2.75) is 52.9 Å². The molecule has 0 heterocycles. The fraction of sp³-hybridized carbons (Fsp3) is 0.267. The number of azo groups is 2. The van der Waals surface area contributed by atoms with Crippen LogP contribution < -0.4 is 0 Å². The van der Waals surface area contributed by atoms with Gasteiger partial charge in [-0.05, 0) is 79.1 Å². The first-order valence-electron chi connectivity index (χ1n) is 12.3. The second-order valence-corrected chi connectivity index (χ2v) is 8.92. The normalized spacial score (nSPS) is 11.7. The Morgan fingerprint density at radius 3 is 2.14 bits per heavy atom. The van der Waals surface area contributed by atoms with Gasteiger partial charge in [0.2, 0.25) is 0 Å². The molecule has 0 aliphatic rings. The van der Waals surface area contributed by atoms with Gasteiger partial charge in [-0.15, -0.1) is 5.11 Å². The van der Waals surface area contributed by atoms with Crippen molar-refractivity contribution >= 4 is 33.5 Å². The molecule has 4 aromatic rings. The van der Waals surface area contributed by atoms with Crippen LogP contribution in [0.3, 0.4) is 0 Å². The molecule has 178 valence electrons. The summed E-state index contributed by atoms with van der Waals surface area (Å²) in [5.41, 5.74) is 6.01. The highest BCUT2D eigenvalue weighted by molar-refractivity contribution is 5.97. The van der Waals surface area contributed by atoms with Crippen LogP contribution in [0.5, 0.6) is 5.75 Å². The molecule has 0 amide bonds. The second kappa shape index (κ2) is 11.5. The van der Waals surface area contributed by atoms with Gasteiger partial charge < -0.3 is 5.11 Å². The molecule has 5 nitrogen and oxygen atoms in total. The van der Waals surface area contributed by atoms with Crippen LogP contribution in [-0.4, -0.2) is 5.11 Å². The fourth-order valence-corrected chi connectivity index (χ4v) is 4.18. The van der Waals surface area contributed by atoms with Gasteiger partial charge in [0.1, 0.15) is 11.4 Å². The van der Waals surface area contributed by atoms with Gasteiger partial charge in [-0.2, -0.15) is 15.3 Å². The van der Waals surface area contributed by atoms with Crippen LogP contribution in [0, 0.1) is 13.8 Å². The van der Waals surface area contributed by atoms with Gasteiger partial charge in [-0.1, -0.05) is 68.7 Å². The maximum Gasteiger partial charge on any atom is 0.144 e. The lowest BCUT2D eigenvalue weighted by Crippen LogP contribution is -1.89. The number of rotatable bonds is 9. The Balaban J connectivity index is 1.58. The zero-order chi connectivity index (χ0) is 24.6. The van der Waals surface area contributed by atoms with Gasteiger partial charge in [-0.25, -0.2) is 0 Å². The summed E-state index contributed by atoms with van der Waals surface area (Å²) in [5, 5.41) is 30.5. The minimum Gasteiger partial charge on any atom is -0.506 e. The smallest absolute Gasteiger partial charge is 0.144 e. The van der Waals surface area contributed by atoms with E-state index < -0.39 is 0 Å². The molecule has 0 aliphatic heterocycles. The first kappa shape index (κ1) is 24.3. The Hall–Kier alpha value is -3.86. The Labute approximate surface area is 207 Å². The van der Waals surface area contributed by atoms with E-state index >= 15 is 0 Å². The summed E-state index contributed by atoms with van der Waals surface area (Å²) in [6.45, 7) is 6.20. The number of nitrogens with zero attached hydrogens (tertiary/aromatic N) is 4. The van der Waals surface area contributed by atoms with Crippen molar-refractivity contribution in [2.24, 2.45) is 20.5 Å². The molecule has 4 aromatic carbocycles. The van der Waals surface area contributed by atoms with Crippen LogP contribution in [0.25, 0.3) is 10.8 Å². The summed E-state index contributed by atoms with van der Waals surface area (Å²) < 4.78 is 0. The first-order chi connectivity index (χ1) is 17.1. The minimum absolute atomic E-state index is 0.166. The largest absolute Gasteiger partial charge is 0.506 e. The Morgan fingerprint density at radius 2 is 1.37 bits per heavy atom. The van der Waals surface area contributed by atoms with Crippen molar-refractivity contribution in [1.82, 2.24) is 0 Å². The van der Waals surface area contributed by atoms with Gasteiger partial charge in [0.05, 0.1) is 17.1 Å². The molecular formula is C30H32N4O. The van der Waals surface area contributed by atoms with Crippen molar-refractivity contribution in [1.29, 1.82) is 0 Å². The van der Waals surface area contributed by atoms with Gasteiger partial charge in [-0.3, -0.25) is 0 Å². The SMILES string of the molecule is CCCCCCc1cc(O)c(N=Nc2ccc(N=Nc3ccccc3C)cc2C)c2ccccc12. The maximum atomic E-state index is 10.8. The summed E-state index contributed by atoms with van der Waals surface area (Å²) in [4.78, 5) is 0. The quantitative estimate of drug-likeness (QED) is 0.194. The van der Waals surface area contributed by atoms with Gasteiger partial charge in [0.15, 0.2) is 0 Å². The molecule has 0 spiro atoms. The predicted octanol–water partition coefficient (Wildman–Crippen LogP) is 10.1. The topological polar surface area (TPSA) is 69.7 Å². The lowest BCUT2D eigenvalue weighted by molar-refractivity contribution is 0.476. The van der Waals surface area contributed by atoms with Gasteiger partial charge in [0, 0.05) is 5.39 Å². The number of benzene rings is 4. The van der Waals surface area contributed by atoms with Gasteiger partial charge >= 0.3 is 0 Å². The number of unbranched alkanes of at least 4 members (excludes halogenated alkanes) is 3. The van der Waals surface area contributed by atoms with E-state index in [0.717, 1.165) is 57.4 Å². The van der Waals surface area contributed by atoms with Gasteiger partial charge in [0.25, 0.3) is 0 Å². The summed E-state index contributed by atoms with van der Waals surface area (Å²) in [6, 6.07) is 23.6. The number of aromatic hydroxyl groups is 1. The van der Waals surface area contributed by atoms with Crippen LogP contribution in [0.1, 0.15) is 49.3 Å². The summed E-state index contributed by atoms with van der Waals surface area (Å²) in [6.07, 6.45) is 5.71. The molecule has 0 unspecified atom stereocenters. The van der Waals surface area contributed by atoms with Crippen molar-refractivity contribution in [2.75, 3.05) is 0 Å². The molecular weight excluding hydrogens is 432 g/mol. The molecule has 0 aliphatic carbocycles. The number of fused-ring (bicyclic) bond motifs is 1.